The molecule has 9 atom stereocenters. The van der Waals surface area contributed by atoms with Crippen LogP contribution in [-0.4, -0.2) is 116 Å². The standard InChI is InChI=1S/C27H30O15/c1-37-15-3-2-10(4-12(15)29)16-7-14(31)20-13(30)5-11(6-17(20)40-16)39-27-25(36)23(34)22(33)19(42-27)9-38-26-24(35)21(32)18(8-28)41-26/h2-7,18-19,21-30,32-36H,8-9H2,1H3/t18-,19+,21+,22+,23-,24-,25-,26+,27+/m0/s1. The van der Waals surface area contributed by atoms with Crippen LogP contribution < -0.4 is 14.9 Å². The number of phenolic OH excluding ortho intramolecular Hbond substituents is 2. The molecule has 0 aliphatic carbocycles. The van der Waals surface area contributed by atoms with E-state index in [1.165, 1.54) is 25.3 Å². The van der Waals surface area contributed by atoms with Gasteiger partial charge >= 0.3 is 0 Å². The normalized spacial score (nSPS) is 31.4. The van der Waals surface area contributed by atoms with Crippen LogP contribution in [0.1, 0.15) is 0 Å². The summed E-state index contributed by atoms with van der Waals surface area (Å²) in [5.41, 5.74) is -0.378. The Bertz CT molecular complexity index is 1470. The van der Waals surface area contributed by atoms with E-state index in [2.05, 4.69) is 0 Å². The molecule has 42 heavy (non-hydrogen) atoms. The molecule has 0 radical (unpaired) electrons. The molecular formula is C27H30O15. The molecule has 0 bridgehead atoms. The van der Waals surface area contributed by atoms with E-state index in [-0.39, 0.29) is 34.0 Å². The molecule has 2 aliphatic heterocycles. The maximum absolute atomic E-state index is 12.8. The van der Waals surface area contributed by atoms with Crippen molar-refractivity contribution in [3.63, 3.8) is 0 Å². The maximum Gasteiger partial charge on any atom is 0.229 e. The molecule has 2 fully saturated rings. The highest BCUT2D eigenvalue weighted by molar-refractivity contribution is 5.86. The number of rotatable bonds is 8. The molecule has 0 unspecified atom stereocenters. The number of aliphatic hydroxyl groups is 6. The highest BCUT2D eigenvalue weighted by atomic mass is 16.7. The lowest BCUT2D eigenvalue weighted by Gasteiger charge is -2.40. The van der Waals surface area contributed by atoms with E-state index in [0.29, 0.717) is 5.56 Å². The number of phenols is 2. The predicted octanol–water partition coefficient (Wildman–Crippen LogP) is -1.48. The van der Waals surface area contributed by atoms with E-state index in [9.17, 15) is 45.6 Å². The fraction of sp³-hybridized carbons (Fsp3) is 0.444. The molecule has 3 heterocycles. The average molecular weight is 595 g/mol. The first-order valence-electron chi connectivity index (χ1n) is 12.8. The van der Waals surface area contributed by atoms with E-state index >= 15 is 0 Å². The molecule has 3 aromatic rings. The number of fused-ring (bicyclic) bond motifs is 1. The number of aromatic hydroxyl groups is 2. The second-order valence-electron chi connectivity index (χ2n) is 9.85. The molecule has 228 valence electrons. The van der Waals surface area contributed by atoms with E-state index in [1.807, 2.05) is 0 Å². The third-order valence-electron chi connectivity index (χ3n) is 7.09. The molecule has 2 aliphatic rings. The van der Waals surface area contributed by atoms with Crippen LogP contribution in [-0.2, 0) is 14.2 Å². The number of hydrogen-bond acceptors (Lipinski definition) is 15. The van der Waals surface area contributed by atoms with Crippen LogP contribution in [0.15, 0.2) is 45.6 Å². The van der Waals surface area contributed by atoms with Gasteiger partial charge in [0, 0.05) is 23.8 Å². The van der Waals surface area contributed by atoms with Gasteiger partial charge in [-0.05, 0) is 18.2 Å². The van der Waals surface area contributed by atoms with Crippen molar-refractivity contribution >= 4 is 11.0 Å². The summed E-state index contributed by atoms with van der Waals surface area (Å²) in [6.45, 7) is -1.07. The first-order valence-corrected chi connectivity index (χ1v) is 12.8. The number of hydrogen-bond donors (Lipinski definition) is 8. The monoisotopic (exact) mass is 594 g/mol. The first-order chi connectivity index (χ1) is 20.0. The third-order valence-corrected chi connectivity index (χ3v) is 7.09. The van der Waals surface area contributed by atoms with Crippen LogP contribution in [0.25, 0.3) is 22.3 Å². The summed E-state index contributed by atoms with van der Waals surface area (Å²) in [6.07, 6.45) is -13.6. The quantitative estimate of drug-likeness (QED) is 0.148. The number of methoxy groups -OCH3 is 1. The van der Waals surface area contributed by atoms with Crippen molar-refractivity contribution in [2.45, 2.75) is 55.3 Å². The lowest BCUT2D eigenvalue weighted by atomic mass is 9.99. The van der Waals surface area contributed by atoms with Crippen molar-refractivity contribution in [3.8, 4) is 34.3 Å². The molecule has 15 heteroatoms. The smallest absolute Gasteiger partial charge is 0.229 e. The molecular weight excluding hydrogens is 564 g/mol. The predicted molar refractivity (Wildman–Crippen MR) is 139 cm³/mol. The molecule has 15 nitrogen and oxygen atoms in total. The van der Waals surface area contributed by atoms with Gasteiger partial charge in [-0.25, -0.2) is 0 Å². The Hall–Kier alpha value is -3.51. The Balaban J connectivity index is 1.36. The van der Waals surface area contributed by atoms with Gasteiger partial charge in [0.1, 0.15) is 71.0 Å². The van der Waals surface area contributed by atoms with Gasteiger partial charge < -0.3 is 69.0 Å². The van der Waals surface area contributed by atoms with E-state index < -0.39 is 79.7 Å². The van der Waals surface area contributed by atoms with Crippen molar-refractivity contribution in [1.82, 2.24) is 0 Å². The zero-order chi connectivity index (χ0) is 30.3. The fourth-order valence-electron chi connectivity index (χ4n) is 4.78. The lowest BCUT2D eigenvalue weighted by Crippen LogP contribution is -2.60. The molecule has 8 N–H and O–H groups in total. The summed E-state index contributed by atoms with van der Waals surface area (Å²) in [6, 6.07) is 7.78. The van der Waals surface area contributed by atoms with Gasteiger partial charge in [-0.2, -0.15) is 0 Å². The topological polar surface area (TPSA) is 238 Å². The second-order valence-corrected chi connectivity index (χ2v) is 9.85. The SMILES string of the molecule is COc1ccc(-c2cc(=O)c3c(O)cc(O[C@@H]4O[C@H](CO[C@@H]5O[C@@H](CO)[C@@H](O)[C@@H]5O)[C@@H](O)[C@H](O)[C@@H]4O)cc3o2)cc1O. The molecule has 0 spiro atoms. The van der Waals surface area contributed by atoms with Crippen LogP contribution in [0.5, 0.6) is 23.0 Å². The Kier molecular flexibility index (Phi) is 8.56. The van der Waals surface area contributed by atoms with Crippen LogP contribution in [0.3, 0.4) is 0 Å². The largest absolute Gasteiger partial charge is 0.507 e. The van der Waals surface area contributed by atoms with Crippen LogP contribution >= 0.6 is 0 Å². The van der Waals surface area contributed by atoms with Crippen molar-refractivity contribution in [1.29, 1.82) is 0 Å². The summed E-state index contributed by atoms with van der Waals surface area (Å²) in [5, 5.41) is 81.0. The van der Waals surface area contributed by atoms with Crippen molar-refractivity contribution in [2.75, 3.05) is 20.3 Å². The summed E-state index contributed by atoms with van der Waals surface area (Å²) >= 11 is 0. The Morgan fingerprint density at radius 1 is 0.810 bits per heavy atom. The molecule has 5 rings (SSSR count). The van der Waals surface area contributed by atoms with Gasteiger partial charge in [-0.1, -0.05) is 0 Å². The van der Waals surface area contributed by atoms with Crippen molar-refractivity contribution in [3.05, 3.63) is 46.6 Å². The Morgan fingerprint density at radius 3 is 2.17 bits per heavy atom. The van der Waals surface area contributed by atoms with Crippen molar-refractivity contribution in [2.24, 2.45) is 0 Å². The minimum absolute atomic E-state index is 0.0524. The maximum atomic E-state index is 12.8. The van der Waals surface area contributed by atoms with E-state index in [4.69, 9.17) is 28.1 Å². The van der Waals surface area contributed by atoms with E-state index in [1.54, 1.807) is 6.07 Å². The summed E-state index contributed by atoms with van der Waals surface area (Å²) in [5.74, 6) is -0.601. The number of benzene rings is 2. The average Bonchev–Trinajstić information content (AvgIpc) is 3.24. The Morgan fingerprint density at radius 2 is 1.50 bits per heavy atom. The lowest BCUT2D eigenvalue weighted by molar-refractivity contribution is -0.290. The highest BCUT2D eigenvalue weighted by Gasteiger charge is 2.47. The van der Waals surface area contributed by atoms with Gasteiger partial charge in [0.15, 0.2) is 23.2 Å². The minimum Gasteiger partial charge on any atom is -0.507 e. The fourth-order valence-corrected chi connectivity index (χ4v) is 4.78. The summed E-state index contributed by atoms with van der Waals surface area (Å²) < 4.78 is 32.7. The Labute approximate surface area is 236 Å². The van der Waals surface area contributed by atoms with Crippen LogP contribution in [0.4, 0.5) is 0 Å². The molecule has 1 aromatic heterocycles. The van der Waals surface area contributed by atoms with Crippen molar-refractivity contribution < 1.29 is 69.0 Å². The van der Waals surface area contributed by atoms with Crippen LogP contribution in [0, 0.1) is 0 Å². The molecule has 2 aromatic carbocycles. The second kappa shape index (κ2) is 12.0. The third kappa shape index (κ3) is 5.61. The molecule has 2 saturated heterocycles. The zero-order valence-electron chi connectivity index (χ0n) is 22.0. The number of ether oxygens (including phenoxy) is 5. The molecule has 0 amide bonds. The summed E-state index contributed by atoms with van der Waals surface area (Å²) in [7, 11) is 1.38. The minimum atomic E-state index is -1.77. The molecule has 0 saturated carbocycles. The van der Waals surface area contributed by atoms with Gasteiger partial charge in [-0.15, -0.1) is 0 Å². The zero-order valence-corrected chi connectivity index (χ0v) is 22.0. The van der Waals surface area contributed by atoms with Gasteiger partial charge in [-0.3, -0.25) is 4.79 Å². The van der Waals surface area contributed by atoms with E-state index in [0.717, 1.165) is 12.1 Å². The van der Waals surface area contributed by atoms with Gasteiger partial charge in [0.2, 0.25) is 6.29 Å². The van der Waals surface area contributed by atoms with Gasteiger partial charge in [0.05, 0.1) is 20.3 Å². The summed E-state index contributed by atoms with van der Waals surface area (Å²) in [4.78, 5) is 12.8. The first kappa shape index (κ1) is 30.0. The van der Waals surface area contributed by atoms with Gasteiger partial charge in [0.25, 0.3) is 0 Å². The number of aliphatic hydroxyl groups excluding tert-OH is 6. The van der Waals surface area contributed by atoms with Crippen LogP contribution in [0.2, 0.25) is 0 Å². The highest BCUT2D eigenvalue weighted by Crippen LogP contribution is 2.35.